The first-order valence-corrected chi connectivity index (χ1v) is 6.84. The number of morpholine rings is 1. The third kappa shape index (κ3) is 3.83. The highest BCUT2D eigenvalue weighted by molar-refractivity contribution is 5.86. The van der Waals surface area contributed by atoms with Crippen molar-refractivity contribution in [3.63, 3.8) is 0 Å². The molecule has 1 saturated heterocycles. The molecule has 0 radical (unpaired) electrons. The number of carboxylic acids is 1. The van der Waals surface area contributed by atoms with Gasteiger partial charge in [0, 0.05) is 6.54 Å². The summed E-state index contributed by atoms with van der Waals surface area (Å²) in [6, 6.07) is -0.290. The van der Waals surface area contributed by atoms with Gasteiger partial charge < -0.3 is 20.1 Å². The maximum absolute atomic E-state index is 12.3. The second-order valence-electron chi connectivity index (χ2n) is 5.15. The molecule has 1 rings (SSSR count). The van der Waals surface area contributed by atoms with Crippen LogP contribution in [0, 0.1) is 0 Å². The molecule has 6 nitrogen and oxygen atoms in total. The molecule has 6 heteroatoms. The Kier molecular flexibility index (Phi) is 5.60. The maximum atomic E-state index is 12.3. The molecule has 0 aromatic rings. The van der Waals surface area contributed by atoms with E-state index in [1.165, 1.54) is 0 Å². The number of ether oxygens (including phenoxy) is 1. The minimum atomic E-state index is -1.21. The molecule has 1 heterocycles. The Morgan fingerprint density at radius 2 is 2.16 bits per heavy atom. The number of amides is 2. The predicted molar refractivity (Wildman–Crippen MR) is 71.1 cm³/mol. The van der Waals surface area contributed by atoms with E-state index in [4.69, 9.17) is 4.74 Å². The fourth-order valence-electron chi connectivity index (χ4n) is 2.29. The van der Waals surface area contributed by atoms with Gasteiger partial charge in [0.15, 0.2) is 0 Å². The van der Waals surface area contributed by atoms with Gasteiger partial charge in [-0.15, -0.1) is 0 Å². The van der Waals surface area contributed by atoms with Crippen molar-refractivity contribution in [3.05, 3.63) is 0 Å². The average molecular weight is 272 g/mol. The van der Waals surface area contributed by atoms with Gasteiger partial charge in [-0.3, -0.25) is 0 Å². The number of nitrogens with zero attached hydrogens (tertiary/aromatic N) is 1. The van der Waals surface area contributed by atoms with Crippen molar-refractivity contribution < 1.29 is 19.4 Å². The van der Waals surface area contributed by atoms with E-state index in [9.17, 15) is 14.7 Å². The van der Waals surface area contributed by atoms with Crippen LogP contribution in [-0.4, -0.2) is 53.3 Å². The Balaban J connectivity index is 2.73. The van der Waals surface area contributed by atoms with Crippen LogP contribution in [-0.2, 0) is 9.53 Å². The molecule has 0 aromatic carbocycles. The van der Waals surface area contributed by atoms with E-state index < -0.39 is 11.5 Å². The van der Waals surface area contributed by atoms with Crippen molar-refractivity contribution in [2.24, 2.45) is 0 Å². The molecule has 0 saturated carbocycles. The number of aliphatic carboxylic acids is 1. The number of carboxylic acid groups (broad SMARTS) is 1. The molecule has 19 heavy (non-hydrogen) atoms. The highest BCUT2D eigenvalue weighted by Gasteiger charge is 2.37. The second-order valence-corrected chi connectivity index (χ2v) is 5.15. The SMILES string of the molecule is CCCC(C)(NC(=O)N1CCOCC1CC)C(=O)O. The number of hydrogen-bond donors (Lipinski definition) is 2. The quantitative estimate of drug-likeness (QED) is 0.794. The summed E-state index contributed by atoms with van der Waals surface area (Å²) in [4.78, 5) is 25.3. The van der Waals surface area contributed by atoms with Gasteiger partial charge >= 0.3 is 12.0 Å². The van der Waals surface area contributed by atoms with Gasteiger partial charge in [-0.25, -0.2) is 9.59 Å². The summed E-state index contributed by atoms with van der Waals surface area (Å²) < 4.78 is 5.34. The molecule has 110 valence electrons. The lowest BCUT2D eigenvalue weighted by Gasteiger charge is -2.37. The zero-order valence-electron chi connectivity index (χ0n) is 11.9. The Hall–Kier alpha value is -1.30. The van der Waals surface area contributed by atoms with Crippen LogP contribution in [0.5, 0.6) is 0 Å². The van der Waals surface area contributed by atoms with Gasteiger partial charge in [-0.2, -0.15) is 0 Å². The summed E-state index contributed by atoms with van der Waals surface area (Å²) in [5, 5.41) is 11.9. The highest BCUT2D eigenvalue weighted by Crippen LogP contribution is 2.16. The summed E-state index contributed by atoms with van der Waals surface area (Å²) in [6.07, 6.45) is 1.91. The molecule has 1 fully saturated rings. The number of urea groups is 1. The Labute approximate surface area is 114 Å². The topological polar surface area (TPSA) is 78.9 Å². The van der Waals surface area contributed by atoms with Gasteiger partial charge in [0.1, 0.15) is 5.54 Å². The molecule has 0 bridgehead atoms. The Bertz CT molecular complexity index is 335. The van der Waals surface area contributed by atoms with E-state index in [1.807, 2.05) is 13.8 Å². The molecule has 2 amide bonds. The van der Waals surface area contributed by atoms with Crippen LogP contribution in [0.2, 0.25) is 0 Å². The molecule has 2 atom stereocenters. The first kappa shape index (κ1) is 15.8. The Morgan fingerprint density at radius 3 is 2.68 bits per heavy atom. The van der Waals surface area contributed by atoms with Crippen LogP contribution in [0.3, 0.4) is 0 Å². The van der Waals surface area contributed by atoms with Crippen molar-refractivity contribution in [2.45, 2.75) is 51.6 Å². The van der Waals surface area contributed by atoms with E-state index in [1.54, 1.807) is 11.8 Å². The zero-order valence-corrected chi connectivity index (χ0v) is 11.9. The lowest BCUT2D eigenvalue weighted by Crippen LogP contribution is -2.60. The van der Waals surface area contributed by atoms with E-state index >= 15 is 0 Å². The molecular formula is C13H24N2O4. The van der Waals surface area contributed by atoms with Crippen molar-refractivity contribution in [1.82, 2.24) is 10.2 Å². The average Bonchev–Trinajstić information content (AvgIpc) is 2.38. The summed E-state index contributed by atoms with van der Waals surface area (Å²) >= 11 is 0. The number of hydrogen-bond acceptors (Lipinski definition) is 3. The minimum Gasteiger partial charge on any atom is -0.480 e. The third-order valence-electron chi connectivity index (χ3n) is 3.56. The number of rotatable bonds is 5. The fraction of sp³-hybridized carbons (Fsp3) is 0.846. The van der Waals surface area contributed by atoms with Crippen molar-refractivity contribution in [1.29, 1.82) is 0 Å². The molecule has 2 unspecified atom stereocenters. The van der Waals surface area contributed by atoms with Gasteiger partial charge in [0.25, 0.3) is 0 Å². The minimum absolute atomic E-state index is 0.0217. The van der Waals surface area contributed by atoms with E-state index in [0.717, 1.165) is 6.42 Å². The zero-order chi connectivity index (χ0) is 14.5. The van der Waals surface area contributed by atoms with Crippen LogP contribution >= 0.6 is 0 Å². The van der Waals surface area contributed by atoms with Crippen molar-refractivity contribution >= 4 is 12.0 Å². The second kappa shape index (κ2) is 6.75. The smallest absolute Gasteiger partial charge is 0.329 e. The summed E-state index contributed by atoms with van der Waals surface area (Å²) in [7, 11) is 0. The molecule has 1 aliphatic rings. The molecule has 0 spiro atoms. The van der Waals surface area contributed by atoms with Crippen LogP contribution in [0.1, 0.15) is 40.0 Å². The van der Waals surface area contributed by atoms with Gasteiger partial charge in [-0.05, 0) is 19.8 Å². The highest BCUT2D eigenvalue weighted by atomic mass is 16.5. The van der Waals surface area contributed by atoms with Crippen LogP contribution in [0.25, 0.3) is 0 Å². The van der Waals surface area contributed by atoms with Gasteiger partial charge in [0.2, 0.25) is 0 Å². The van der Waals surface area contributed by atoms with Gasteiger partial charge in [0.05, 0.1) is 19.3 Å². The van der Waals surface area contributed by atoms with E-state index in [2.05, 4.69) is 5.32 Å². The van der Waals surface area contributed by atoms with E-state index in [-0.39, 0.29) is 12.1 Å². The summed E-state index contributed by atoms with van der Waals surface area (Å²) in [5.41, 5.74) is -1.21. The molecule has 2 N–H and O–H groups in total. The molecular weight excluding hydrogens is 248 g/mol. The predicted octanol–water partition coefficient (Wildman–Crippen LogP) is 1.45. The van der Waals surface area contributed by atoms with Crippen molar-refractivity contribution in [3.8, 4) is 0 Å². The maximum Gasteiger partial charge on any atom is 0.329 e. The molecule has 1 aliphatic heterocycles. The monoisotopic (exact) mass is 272 g/mol. The first-order valence-electron chi connectivity index (χ1n) is 6.84. The number of carbonyl (C=O) groups is 2. The number of carbonyl (C=O) groups excluding carboxylic acids is 1. The summed E-state index contributed by atoms with van der Waals surface area (Å²) in [5.74, 6) is -0.996. The fourth-order valence-corrected chi connectivity index (χ4v) is 2.29. The largest absolute Gasteiger partial charge is 0.480 e. The van der Waals surface area contributed by atoms with Crippen LogP contribution < -0.4 is 5.32 Å². The first-order chi connectivity index (χ1) is 8.94. The normalized spacial score (nSPS) is 22.7. The van der Waals surface area contributed by atoms with Crippen molar-refractivity contribution in [2.75, 3.05) is 19.8 Å². The summed E-state index contributed by atoms with van der Waals surface area (Å²) in [6.45, 7) is 6.96. The van der Waals surface area contributed by atoms with E-state index in [0.29, 0.717) is 32.6 Å². The lowest BCUT2D eigenvalue weighted by atomic mass is 9.96. The Morgan fingerprint density at radius 1 is 1.47 bits per heavy atom. The standard InChI is InChI=1S/C13H24N2O4/c1-4-6-13(3,11(16)17)14-12(18)15-7-8-19-9-10(15)5-2/h10H,4-9H2,1-3H3,(H,14,18)(H,16,17). The van der Waals surface area contributed by atoms with Gasteiger partial charge in [-0.1, -0.05) is 20.3 Å². The van der Waals surface area contributed by atoms with Crippen LogP contribution in [0.4, 0.5) is 4.79 Å². The van der Waals surface area contributed by atoms with Crippen LogP contribution in [0.15, 0.2) is 0 Å². The lowest BCUT2D eigenvalue weighted by molar-refractivity contribution is -0.144. The molecule has 0 aromatic heterocycles. The molecule has 0 aliphatic carbocycles. The third-order valence-corrected chi connectivity index (χ3v) is 3.56. The number of nitrogens with one attached hydrogen (secondary N) is 1.